The molecule has 0 aliphatic carbocycles. The van der Waals surface area contributed by atoms with Crippen molar-refractivity contribution in [2.75, 3.05) is 25.4 Å². The van der Waals surface area contributed by atoms with E-state index in [2.05, 4.69) is 19.2 Å². The zero-order valence-corrected chi connectivity index (χ0v) is 10.2. The number of nitrogens with two attached hydrogens (primary N) is 1. The topological polar surface area (TPSA) is 38.0 Å². The third-order valence-electron chi connectivity index (χ3n) is 1.05. The molecule has 5 heteroatoms. The highest BCUT2D eigenvalue weighted by Crippen LogP contribution is 2.06. The largest absolute Gasteiger partial charge is 0.329 e. The van der Waals surface area contributed by atoms with Crippen molar-refractivity contribution in [2.24, 2.45) is 5.73 Å². The molecule has 0 aromatic heterocycles. The van der Waals surface area contributed by atoms with E-state index in [4.69, 9.17) is 5.73 Å². The fourth-order valence-corrected chi connectivity index (χ4v) is 1.33. The Kier molecular flexibility index (Phi) is 22.3. The fourth-order valence-electron chi connectivity index (χ4n) is 0.594. The number of halogens is 2. The average molecular weight is 235 g/mol. The van der Waals surface area contributed by atoms with Gasteiger partial charge in [-0.2, -0.15) is 11.8 Å². The maximum absolute atomic E-state index is 5.30. The first-order valence-electron chi connectivity index (χ1n) is 3.79. The van der Waals surface area contributed by atoms with E-state index in [1.807, 2.05) is 11.8 Å². The lowest BCUT2D eigenvalue weighted by Gasteiger charge is -2.04. The zero-order chi connectivity index (χ0) is 7.82. The lowest BCUT2D eigenvalue weighted by molar-refractivity contribution is 0.729. The number of thioether (sulfide) groups is 1. The molecule has 2 nitrogen and oxygen atoms in total. The number of rotatable bonds is 6. The van der Waals surface area contributed by atoms with E-state index in [1.54, 1.807) is 0 Å². The molecule has 0 atom stereocenters. The van der Waals surface area contributed by atoms with Gasteiger partial charge >= 0.3 is 0 Å². The lowest BCUT2D eigenvalue weighted by atomic mass is 10.6. The van der Waals surface area contributed by atoms with Crippen LogP contribution in [0.5, 0.6) is 0 Å². The summed E-state index contributed by atoms with van der Waals surface area (Å²) >= 11 is 1.98. The Morgan fingerprint density at radius 3 is 2.25 bits per heavy atom. The molecule has 0 saturated heterocycles. The molecule has 0 saturated carbocycles. The number of hydrogen-bond acceptors (Lipinski definition) is 3. The second-order valence-electron chi connectivity index (χ2n) is 2.46. The van der Waals surface area contributed by atoms with Crippen LogP contribution >= 0.6 is 36.6 Å². The molecule has 0 radical (unpaired) electrons. The van der Waals surface area contributed by atoms with Gasteiger partial charge in [-0.05, 0) is 5.25 Å². The van der Waals surface area contributed by atoms with Crippen LogP contribution in [0.25, 0.3) is 0 Å². The van der Waals surface area contributed by atoms with E-state index in [-0.39, 0.29) is 24.8 Å². The monoisotopic (exact) mass is 234 g/mol. The standard InChI is InChI=1S/C7H18N2S.2ClH/c1-7(2)10-6-5-9-4-3-8;;/h7,9H,3-6,8H2,1-2H3;2*1H. The van der Waals surface area contributed by atoms with Gasteiger partial charge in [0.15, 0.2) is 0 Å². The minimum atomic E-state index is 0. The molecule has 0 aromatic rings. The molecule has 12 heavy (non-hydrogen) atoms. The van der Waals surface area contributed by atoms with Gasteiger partial charge in [-0.15, -0.1) is 24.8 Å². The molecule has 0 unspecified atom stereocenters. The van der Waals surface area contributed by atoms with Crippen LogP contribution in [0.3, 0.4) is 0 Å². The van der Waals surface area contributed by atoms with Crippen LogP contribution in [-0.2, 0) is 0 Å². The Labute approximate surface area is 92.2 Å². The molecule has 0 aliphatic rings. The van der Waals surface area contributed by atoms with E-state index in [0.29, 0.717) is 0 Å². The van der Waals surface area contributed by atoms with Gasteiger partial charge in [0.2, 0.25) is 0 Å². The molecule has 0 bridgehead atoms. The van der Waals surface area contributed by atoms with Gasteiger partial charge in [-0.3, -0.25) is 0 Å². The van der Waals surface area contributed by atoms with Gasteiger partial charge < -0.3 is 11.1 Å². The van der Waals surface area contributed by atoms with Gasteiger partial charge in [-0.25, -0.2) is 0 Å². The summed E-state index contributed by atoms with van der Waals surface area (Å²) in [7, 11) is 0. The highest BCUT2D eigenvalue weighted by atomic mass is 35.5. The van der Waals surface area contributed by atoms with Crippen molar-refractivity contribution in [1.82, 2.24) is 5.32 Å². The quantitative estimate of drug-likeness (QED) is 0.685. The molecule has 0 aromatic carbocycles. The first kappa shape index (κ1) is 18.6. The Hall–Kier alpha value is 0.850. The van der Waals surface area contributed by atoms with Crippen molar-refractivity contribution in [1.29, 1.82) is 0 Å². The van der Waals surface area contributed by atoms with Crippen molar-refractivity contribution in [3.05, 3.63) is 0 Å². The molecule has 0 spiro atoms. The van der Waals surface area contributed by atoms with Crippen LogP contribution < -0.4 is 11.1 Å². The Balaban J connectivity index is -0.000000405. The van der Waals surface area contributed by atoms with Crippen LogP contribution in [0, 0.1) is 0 Å². The summed E-state index contributed by atoms with van der Waals surface area (Å²) in [5.41, 5.74) is 5.30. The average Bonchev–Trinajstić information content (AvgIpc) is 1.87. The van der Waals surface area contributed by atoms with E-state index in [1.165, 1.54) is 5.75 Å². The molecule has 0 aliphatic heterocycles. The summed E-state index contributed by atoms with van der Waals surface area (Å²) in [6, 6.07) is 0. The summed E-state index contributed by atoms with van der Waals surface area (Å²) in [4.78, 5) is 0. The zero-order valence-electron chi connectivity index (χ0n) is 7.71. The smallest absolute Gasteiger partial charge is 0.00748 e. The van der Waals surface area contributed by atoms with Crippen molar-refractivity contribution >= 4 is 36.6 Å². The summed E-state index contributed by atoms with van der Waals surface area (Å²) in [5, 5.41) is 3.99. The molecule has 0 amide bonds. The Morgan fingerprint density at radius 2 is 1.83 bits per heavy atom. The highest BCUT2D eigenvalue weighted by Gasteiger charge is 1.91. The summed E-state index contributed by atoms with van der Waals surface area (Å²) in [5.74, 6) is 1.19. The summed E-state index contributed by atoms with van der Waals surface area (Å²) in [6.07, 6.45) is 0. The first-order chi connectivity index (χ1) is 4.77. The van der Waals surface area contributed by atoms with Crippen molar-refractivity contribution in [3.8, 4) is 0 Å². The normalized spacial score (nSPS) is 9.00. The van der Waals surface area contributed by atoms with Gasteiger partial charge in [-0.1, -0.05) is 13.8 Å². The minimum Gasteiger partial charge on any atom is -0.329 e. The molecule has 78 valence electrons. The van der Waals surface area contributed by atoms with Crippen LogP contribution in [0.2, 0.25) is 0 Å². The maximum Gasteiger partial charge on any atom is 0.00748 e. The van der Waals surface area contributed by atoms with E-state index in [0.717, 1.165) is 24.9 Å². The predicted octanol–water partition coefficient (Wildman–Crippen LogP) is 1.52. The SMILES string of the molecule is CC(C)SCCNCCN.Cl.Cl. The van der Waals surface area contributed by atoms with E-state index in [9.17, 15) is 0 Å². The maximum atomic E-state index is 5.30. The van der Waals surface area contributed by atoms with Gasteiger partial charge in [0.25, 0.3) is 0 Å². The van der Waals surface area contributed by atoms with Crippen LogP contribution in [0.15, 0.2) is 0 Å². The van der Waals surface area contributed by atoms with Crippen molar-refractivity contribution in [2.45, 2.75) is 19.1 Å². The van der Waals surface area contributed by atoms with Gasteiger partial charge in [0, 0.05) is 25.4 Å². The second-order valence-corrected chi connectivity index (χ2v) is 4.14. The molecule has 0 rings (SSSR count). The van der Waals surface area contributed by atoms with Crippen LogP contribution in [-0.4, -0.2) is 30.6 Å². The van der Waals surface area contributed by atoms with Gasteiger partial charge in [0.05, 0.1) is 0 Å². The highest BCUT2D eigenvalue weighted by molar-refractivity contribution is 7.99. The molecular weight excluding hydrogens is 215 g/mol. The van der Waals surface area contributed by atoms with Crippen molar-refractivity contribution < 1.29 is 0 Å². The van der Waals surface area contributed by atoms with E-state index < -0.39 is 0 Å². The molecule has 3 N–H and O–H groups in total. The van der Waals surface area contributed by atoms with Crippen LogP contribution in [0.4, 0.5) is 0 Å². The first-order valence-corrected chi connectivity index (χ1v) is 4.84. The number of hydrogen-bond donors (Lipinski definition) is 2. The Morgan fingerprint density at radius 1 is 1.25 bits per heavy atom. The molecule has 0 heterocycles. The molecule has 0 fully saturated rings. The number of nitrogens with one attached hydrogen (secondary N) is 1. The predicted molar refractivity (Wildman–Crippen MR) is 64.0 cm³/mol. The Bertz CT molecular complexity index is 74.4. The third-order valence-corrected chi connectivity index (χ3v) is 2.16. The summed E-state index contributed by atoms with van der Waals surface area (Å²) in [6.45, 7) is 7.20. The van der Waals surface area contributed by atoms with Gasteiger partial charge in [0.1, 0.15) is 0 Å². The second kappa shape index (κ2) is 14.4. The summed E-state index contributed by atoms with van der Waals surface area (Å²) < 4.78 is 0. The minimum absolute atomic E-state index is 0. The fraction of sp³-hybridized carbons (Fsp3) is 1.00. The third kappa shape index (κ3) is 17.1. The van der Waals surface area contributed by atoms with E-state index >= 15 is 0 Å². The van der Waals surface area contributed by atoms with Crippen molar-refractivity contribution in [3.63, 3.8) is 0 Å². The van der Waals surface area contributed by atoms with Crippen LogP contribution in [0.1, 0.15) is 13.8 Å². The molecular formula is C7H20Cl2N2S. The lowest BCUT2D eigenvalue weighted by Crippen LogP contribution is -2.24.